The number of benzene rings is 1. The molecule has 104 valence electrons. The molecule has 3 rings (SSSR count). The predicted molar refractivity (Wildman–Crippen MR) is 79.0 cm³/mol. The van der Waals surface area contributed by atoms with E-state index in [1.165, 1.54) is 0 Å². The monoisotopic (exact) mass is 288 g/mol. The van der Waals surface area contributed by atoms with E-state index >= 15 is 0 Å². The Morgan fingerprint density at radius 1 is 1.30 bits per heavy atom. The van der Waals surface area contributed by atoms with Gasteiger partial charge in [0, 0.05) is 16.9 Å². The van der Waals surface area contributed by atoms with Crippen LogP contribution in [-0.4, -0.2) is 12.6 Å². The van der Waals surface area contributed by atoms with Gasteiger partial charge in [-0.2, -0.15) is 0 Å². The Hall–Kier alpha value is -2.01. The first kappa shape index (κ1) is 13.0. The fourth-order valence-corrected chi connectivity index (χ4v) is 2.93. The lowest BCUT2D eigenvalue weighted by Gasteiger charge is -2.26. The molecule has 0 bridgehead atoms. The van der Waals surface area contributed by atoms with Crippen LogP contribution in [0, 0.1) is 0 Å². The Morgan fingerprint density at radius 3 is 3.05 bits per heavy atom. The van der Waals surface area contributed by atoms with Crippen molar-refractivity contribution in [3.8, 4) is 5.75 Å². The summed E-state index contributed by atoms with van der Waals surface area (Å²) in [5.74, 6) is 0.863. The minimum absolute atomic E-state index is 0.0169. The summed E-state index contributed by atoms with van der Waals surface area (Å²) < 4.78 is 5.58. The van der Waals surface area contributed by atoms with E-state index in [1.807, 2.05) is 41.8 Å². The molecule has 0 aliphatic carbocycles. The molecule has 2 aromatic rings. The van der Waals surface area contributed by atoms with Crippen LogP contribution < -0.4 is 15.4 Å². The molecule has 2 heterocycles. The van der Waals surface area contributed by atoms with Crippen molar-refractivity contribution in [2.45, 2.75) is 19.0 Å². The molecule has 0 radical (unpaired) electrons. The van der Waals surface area contributed by atoms with Gasteiger partial charge in [-0.15, -0.1) is 11.3 Å². The summed E-state index contributed by atoms with van der Waals surface area (Å²) in [5.41, 5.74) is 1.05. The minimum Gasteiger partial charge on any atom is -0.493 e. The molecule has 1 atom stereocenters. The van der Waals surface area contributed by atoms with E-state index in [0.717, 1.165) is 22.6 Å². The van der Waals surface area contributed by atoms with Crippen LogP contribution >= 0.6 is 11.3 Å². The van der Waals surface area contributed by atoms with Gasteiger partial charge < -0.3 is 15.4 Å². The molecule has 0 unspecified atom stereocenters. The molecule has 1 aromatic heterocycles. The third-order valence-electron chi connectivity index (χ3n) is 3.27. The number of carbonyl (C=O) groups excluding carboxylic acids is 1. The second-order valence-corrected chi connectivity index (χ2v) is 5.67. The highest BCUT2D eigenvalue weighted by Crippen LogP contribution is 2.31. The van der Waals surface area contributed by atoms with Gasteiger partial charge in [0.15, 0.2) is 0 Å². The predicted octanol–water partition coefficient (Wildman–Crippen LogP) is 3.07. The number of carbonyl (C=O) groups is 1. The van der Waals surface area contributed by atoms with Crippen molar-refractivity contribution in [2.24, 2.45) is 0 Å². The Balaban J connectivity index is 1.59. The maximum Gasteiger partial charge on any atom is 0.315 e. The molecule has 1 aromatic carbocycles. The molecule has 4 nitrogen and oxygen atoms in total. The van der Waals surface area contributed by atoms with Crippen molar-refractivity contribution >= 4 is 17.4 Å². The van der Waals surface area contributed by atoms with Gasteiger partial charge in [0.1, 0.15) is 5.75 Å². The third-order valence-corrected chi connectivity index (χ3v) is 4.14. The zero-order chi connectivity index (χ0) is 13.8. The summed E-state index contributed by atoms with van der Waals surface area (Å²) >= 11 is 1.64. The quantitative estimate of drug-likeness (QED) is 0.912. The average Bonchev–Trinajstić information content (AvgIpc) is 2.99. The van der Waals surface area contributed by atoms with E-state index in [4.69, 9.17) is 4.74 Å². The number of fused-ring (bicyclic) bond motifs is 1. The number of rotatable bonds is 3. The van der Waals surface area contributed by atoms with Crippen molar-refractivity contribution in [1.29, 1.82) is 0 Å². The zero-order valence-electron chi connectivity index (χ0n) is 11.0. The molecule has 2 N–H and O–H groups in total. The fraction of sp³-hybridized carbons (Fsp3) is 0.267. The van der Waals surface area contributed by atoms with E-state index in [-0.39, 0.29) is 12.1 Å². The zero-order valence-corrected chi connectivity index (χ0v) is 11.8. The van der Waals surface area contributed by atoms with Gasteiger partial charge in [0.05, 0.1) is 19.2 Å². The third kappa shape index (κ3) is 2.93. The SMILES string of the molecule is O=C(NCc1cccs1)N[C@H]1CCOc2ccccc21. The number of amides is 2. The summed E-state index contributed by atoms with van der Waals surface area (Å²) in [6, 6.07) is 11.7. The maximum absolute atomic E-state index is 12.0. The van der Waals surface area contributed by atoms with E-state index < -0.39 is 0 Å². The Kier molecular flexibility index (Phi) is 3.87. The molecule has 0 saturated heterocycles. The van der Waals surface area contributed by atoms with Gasteiger partial charge in [0.2, 0.25) is 0 Å². The summed E-state index contributed by atoms with van der Waals surface area (Å²) in [4.78, 5) is 13.1. The van der Waals surface area contributed by atoms with E-state index in [2.05, 4.69) is 10.6 Å². The Bertz CT molecular complexity index is 583. The van der Waals surface area contributed by atoms with Crippen molar-refractivity contribution in [3.63, 3.8) is 0 Å². The first-order valence-corrected chi connectivity index (χ1v) is 7.49. The number of para-hydroxylation sites is 1. The fourth-order valence-electron chi connectivity index (χ4n) is 2.28. The second-order valence-electron chi connectivity index (χ2n) is 4.63. The lowest BCUT2D eigenvalue weighted by atomic mass is 10.0. The summed E-state index contributed by atoms with van der Waals surface area (Å²) in [6.45, 7) is 1.20. The smallest absolute Gasteiger partial charge is 0.315 e. The lowest BCUT2D eigenvalue weighted by molar-refractivity contribution is 0.223. The first-order chi connectivity index (χ1) is 9.83. The normalized spacial score (nSPS) is 16.9. The van der Waals surface area contributed by atoms with Crippen LogP contribution in [0.4, 0.5) is 4.79 Å². The largest absolute Gasteiger partial charge is 0.493 e. The minimum atomic E-state index is -0.139. The number of hydrogen-bond acceptors (Lipinski definition) is 3. The molecule has 0 fully saturated rings. The van der Waals surface area contributed by atoms with Crippen molar-refractivity contribution < 1.29 is 9.53 Å². The molecule has 0 spiro atoms. The lowest BCUT2D eigenvalue weighted by Crippen LogP contribution is -2.39. The van der Waals surface area contributed by atoms with E-state index in [1.54, 1.807) is 11.3 Å². The average molecular weight is 288 g/mol. The van der Waals surface area contributed by atoms with Crippen LogP contribution in [0.3, 0.4) is 0 Å². The number of thiophene rings is 1. The molecular formula is C15H16N2O2S. The van der Waals surface area contributed by atoms with Crippen molar-refractivity contribution in [2.75, 3.05) is 6.61 Å². The molecule has 1 aliphatic rings. The first-order valence-electron chi connectivity index (χ1n) is 6.61. The topological polar surface area (TPSA) is 50.4 Å². The Morgan fingerprint density at radius 2 is 2.20 bits per heavy atom. The van der Waals surface area contributed by atoms with Crippen LogP contribution in [0.25, 0.3) is 0 Å². The summed E-state index contributed by atoms with van der Waals surface area (Å²) in [7, 11) is 0. The van der Waals surface area contributed by atoms with Crippen LogP contribution in [0.15, 0.2) is 41.8 Å². The molecular weight excluding hydrogens is 272 g/mol. The van der Waals surface area contributed by atoms with Crippen molar-refractivity contribution in [1.82, 2.24) is 10.6 Å². The van der Waals surface area contributed by atoms with E-state index in [0.29, 0.717) is 13.2 Å². The van der Waals surface area contributed by atoms with Gasteiger partial charge >= 0.3 is 6.03 Å². The summed E-state index contributed by atoms with van der Waals surface area (Å²) in [6.07, 6.45) is 0.795. The number of hydrogen-bond donors (Lipinski definition) is 2. The van der Waals surface area contributed by atoms with Crippen LogP contribution in [0.1, 0.15) is 22.9 Å². The maximum atomic E-state index is 12.0. The van der Waals surface area contributed by atoms with Gasteiger partial charge in [-0.25, -0.2) is 4.79 Å². The molecule has 0 saturated carbocycles. The molecule has 2 amide bonds. The van der Waals surface area contributed by atoms with Gasteiger partial charge in [0.25, 0.3) is 0 Å². The number of nitrogens with one attached hydrogen (secondary N) is 2. The highest BCUT2D eigenvalue weighted by molar-refractivity contribution is 7.09. The van der Waals surface area contributed by atoms with Gasteiger partial charge in [-0.1, -0.05) is 24.3 Å². The van der Waals surface area contributed by atoms with E-state index in [9.17, 15) is 4.79 Å². The number of ether oxygens (including phenoxy) is 1. The molecule has 5 heteroatoms. The Labute approximate surface area is 121 Å². The summed E-state index contributed by atoms with van der Waals surface area (Å²) in [5, 5.41) is 7.90. The highest BCUT2D eigenvalue weighted by atomic mass is 32.1. The standard InChI is InChI=1S/C15H16N2O2S/c18-15(16-10-11-4-3-9-20-11)17-13-7-8-19-14-6-2-1-5-12(13)14/h1-6,9,13H,7-8,10H2,(H2,16,17,18)/t13-/m0/s1. The van der Waals surface area contributed by atoms with Crippen LogP contribution in [0.5, 0.6) is 5.75 Å². The van der Waals surface area contributed by atoms with Crippen LogP contribution in [0.2, 0.25) is 0 Å². The van der Waals surface area contributed by atoms with Crippen molar-refractivity contribution in [3.05, 3.63) is 52.2 Å². The molecule has 20 heavy (non-hydrogen) atoms. The highest BCUT2D eigenvalue weighted by Gasteiger charge is 2.22. The molecule has 1 aliphatic heterocycles. The second kappa shape index (κ2) is 5.96. The van der Waals surface area contributed by atoms with Crippen LogP contribution in [-0.2, 0) is 6.54 Å². The van der Waals surface area contributed by atoms with Gasteiger partial charge in [-0.3, -0.25) is 0 Å². The van der Waals surface area contributed by atoms with Gasteiger partial charge in [-0.05, 0) is 17.5 Å². The number of urea groups is 1.